The topological polar surface area (TPSA) is 94.8 Å². The number of carbonyl (C=O) groups is 2. The molecule has 0 aliphatic heterocycles. The quantitative estimate of drug-likeness (QED) is 0.697. The lowest BCUT2D eigenvalue weighted by Crippen LogP contribution is -2.66. The maximum absolute atomic E-state index is 12.4. The maximum atomic E-state index is 12.4. The van der Waals surface area contributed by atoms with Gasteiger partial charge in [0.2, 0.25) is 0 Å². The lowest BCUT2D eigenvalue weighted by Gasteiger charge is -2.63. The van der Waals surface area contributed by atoms with Crippen molar-refractivity contribution in [3.05, 3.63) is 0 Å². The number of fused-ring (bicyclic) bond motifs is 5. The first-order valence-electron chi connectivity index (χ1n) is 10.2. The van der Waals surface area contributed by atoms with Gasteiger partial charge in [-0.3, -0.25) is 9.59 Å². The summed E-state index contributed by atoms with van der Waals surface area (Å²) in [6.07, 6.45) is 6.08. The summed E-state index contributed by atoms with van der Waals surface area (Å²) >= 11 is 0. The molecule has 7 atom stereocenters. The van der Waals surface area contributed by atoms with Gasteiger partial charge in [-0.2, -0.15) is 0 Å². The molecule has 0 heterocycles. The third-order valence-corrected chi connectivity index (χ3v) is 9.42. The smallest absolute Gasteiger partial charge is 0.190 e. The molecule has 26 heavy (non-hydrogen) atoms. The first-order valence-corrected chi connectivity index (χ1v) is 10.2. The second-order valence-corrected chi connectivity index (χ2v) is 9.97. The standard InChI is InChI=1S/C21H32O5/c1-18-7-5-14(23)11-13(18)3-4-16-15(18)6-8-19(2)20(16,25)9-10-21(19,26)17(24)12-22/h13,15-16,22,25-26H,3-12H2,1-2H3/t13-,15-,16+,18+,19-,20+,21-/m1/s1. The number of carbonyl (C=O) groups excluding carboxylic acids is 2. The van der Waals surface area contributed by atoms with E-state index in [-0.39, 0.29) is 17.8 Å². The molecule has 0 aromatic rings. The molecular weight excluding hydrogens is 332 g/mol. The molecular formula is C21H32O5. The fourth-order valence-electron chi connectivity index (χ4n) is 7.61. The van der Waals surface area contributed by atoms with Crippen LogP contribution >= 0.6 is 0 Å². The van der Waals surface area contributed by atoms with Gasteiger partial charge in [-0.25, -0.2) is 0 Å². The molecule has 0 aromatic carbocycles. The summed E-state index contributed by atoms with van der Waals surface area (Å²) in [4.78, 5) is 24.3. The van der Waals surface area contributed by atoms with E-state index in [1.165, 1.54) is 0 Å². The third kappa shape index (κ3) is 2.03. The van der Waals surface area contributed by atoms with Crippen molar-refractivity contribution >= 4 is 11.6 Å². The zero-order valence-electron chi connectivity index (χ0n) is 16.0. The van der Waals surface area contributed by atoms with Gasteiger partial charge in [0, 0.05) is 18.3 Å². The fourth-order valence-corrected chi connectivity index (χ4v) is 7.61. The van der Waals surface area contributed by atoms with Crippen LogP contribution in [-0.2, 0) is 9.59 Å². The Morgan fingerprint density at radius 2 is 1.77 bits per heavy atom. The van der Waals surface area contributed by atoms with E-state index in [4.69, 9.17) is 0 Å². The maximum Gasteiger partial charge on any atom is 0.190 e. The molecule has 0 amide bonds. The van der Waals surface area contributed by atoms with Gasteiger partial charge in [-0.1, -0.05) is 13.8 Å². The monoisotopic (exact) mass is 364 g/mol. The van der Waals surface area contributed by atoms with E-state index >= 15 is 0 Å². The summed E-state index contributed by atoms with van der Waals surface area (Å²) in [5, 5.41) is 32.4. The Kier molecular flexibility index (Phi) is 4.01. The Hall–Kier alpha value is -0.780. The van der Waals surface area contributed by atoms with Crippen LogP contribution in [0.2, 0.25) is 0 Å². The van der Waals surface area contributed by atoms with E-state index < -0.39 is 29.0 Å². The summed E-state index contributed by atoms with van der Waals surface area (Å²) in [6.45, 7) is 3.47. The molecule has 0 saturated heterocycles. The van der Waals surface area contributed by atoms with Crippen LogP contribution in [0.4, 0.5) is 0 Å². The Morgan fingerprint density at radius 1 is 1.04 bits per heavy atom. The molecule has 0 spiro atoms. The number of hydrogen-bond donors (Lipinski definition) is 3. The van der Waals surface area contributed by atoms with Crippen molar-refractivity contribution in [2.75, 3.05) is 6.61 Å². The minimum absolute atomic E-state index is 0.0521. The van der Waals surface area contributed by atoms with Crippen LogP contribution in [-0.4, -0.2) is 44.7 Å². The first kappa shape index (κ1) is 18.6. The van der Waals surface area contributed by atoms with Crippen LogP contribution in [0.1, 0.15) is 71.6 Å². The highest BCUT2D eigenvalue weighted by molar-refractivity contribution is 5.89. The number of aliphatic hydroxyl groups excluding tert-OH is 1. The predicted octanol–water partition coefficient (Wildman–Crippen LogP) is 2.01. The Balaban J connectivity index is 1.71. The van der Waals surface area contributed by atoms with Gasteiger partial charge in [0.05, 0.1) is 5.60 Å². The van der Waals surface area contributed by atoms with Crippen LogP contribution in [0.5, 0.6) is 0 Å². The first-order chi connectivity index (χ1) is 12.1. The molecule has 3 N–H and O–H groups in total. The van der Waals surface area contributed by atoms with Gasteiger partial charge in [-0.15, -0.1) is 0 Å². The molecule has 0 bridgehead atoms. The average Bonchev–Trinajstić information content (AvgIpc) is 2.84. The van der Waals surface area contributed by atoms with Gasteiger partial charge in [-0.05, 0) is 68.1 Å². The van der Waals surface area contributed by atoms with E-state index in [1.54, 1.807) is 0 Å². The Labute approximate surface area is 155 Å². The lowest BCUT2D eigenvalue weighted by atomic mass is 9.43. The second kappa shape index (κ2) is 5.62. The molecule has 4 aliphatic rings. The Morgan fingerprint density at radius 3 is 2.46 bits per heavy atom. The van der Waals surface area contributed by atoms with E-state index in [9.17, 15) is 24.9 Å². The van der Waals surface area contributed by atoms with Crippen LogP contribution in [0, 0.1) is 28.6 Å². The van der Waals surface area contributed by atoms with E-state index in [1.807, 2.05) is 6.92 Å². The largest absolute Gasteiger partial charge is 0.389 e. The van der Waals surface area contributed by atoms with Crippen molar-refractivity contribution < 1.29 is 24.9 Å². The highest BCUT2D eigenvalue weighted by Gasteiger charge is 2.73. The molecule has 4 aliphatic carbocycles. The van der Waals surface area contributed by atoms with E-state index in [0.717, 1.165) is 25.7 Å². The average molecular weight is 364 g/mol. The zero-order chi connectivity index (χ0) is 19.0. The molecule has 4 fully saturated rings. The van der Waals surface area contributed by atoms with Crippen LogP contribution in [0.25, 0.3) is 0 Å². The number of ketones is 2. The van der Waals surface area contributed by atoms with Crippen molar-refractivity contribution in [1.29, 1.82) is 0 Å². The fraction of sp³-hybridized carbons (Fsp3) is 0.905. The van der Waals surface area contributed by atoms with Crippen molar-refractivity contribution in [2.45, 2.75) is 82.8 Å². The van der Waals surface area contributed by atoms with Gasteiger partial charge < -0.3 is 15.3 Å². The summed E-state index contributed by atoms with van der Waals surface area (Å²) < 4.78 is 0. The zero-order valence-corrected chi connectivity index (χ0v) is 16.0. The summed E-state index contributed by atoms with van der Waals surface area (Å²) in [7, 11) is 0. The van der Waals surface area contributed by atoms with Crippen molar-refractivity contribution in [3.8, 4) is 0 Å². The predicted molar refractivity (Wildman–Crippen MR) is 95.2 cm³/mol. The van der Waals surface area contributed by atoms with Crippen LogP contribution < -0.4 is 0 Å². The minimum Gasteiger partial charge on any atom is -0.389 e. The van der Waals surface area contributed by atoms with Crippen LogP contribution in [0.15, 0.2) is 0 Å². The number of hydrogen-bond acceptors (Lipinski definition) is 5. The normalized spacial score (nSPS) is 53.6. The second-order valence-electron chi connectivity index (χ2n) is 9.97. The molecule has 4 saturated carbocycles. The van der Waals surface area contributed by atoms with Crippen molar-refractivity contribution in [3.63, 3.8) is 0 Å². The van der Waals surface area contributed by atoms with Gasteiger partial charge in [0.15, 0.2) is 5.78 Å². The molecule has 146 valence electrons. The molecule has 0 radical (unpaired) electrons. The molecule has 0 aromatic heterocycles. The number of rotatable bonds is 2. The Bertz CT molecular complexity index is 646. The van der Waals surface area contributed by atoms with E-state index in [2.05, 4.69) is 6.92 Å². The lowest BCUT2D eigenvalue weighted by molar-refractivity contribution is -0.230. The molecule has 0 unspecified atom stereocenters. The SMILES string of the molecule is C[C@]12CCC(=O)C[C@H]1CC[C@H]1[C@H]2CC[C@@]2(C)[C@](O)(C(=O)CO)CC[C@]12O. The van der Waals surface area contributed by atoms with Crippen molar-refractivity contribution in [1.82, 2.24) is 0 Å². The highest BCUT2D eigenvalue weighted by Crippen LogP contribution is 2.69. The molecule has 5 nitrogen and oxygen atoms in total. The molecule has 5 heteroatoms. The number of aliphatic hydroxyl groups is 3. The highest BCUT2D eigenvalue weighted by atomic mass is 16.3. The summed E-state index contributed by atoms with van der Waals surface area (Å²) in [6, 6.07) is 0. The van der Waals surface area contributed by atoms with Crippen molar-refractivity contribution in [2.24, 2.45) is 28.6 Å². The van der Waals surface area contributed by atoms with Gasteiger partial charge >= 0.3 is 0 Å². The minimum atomic E-state index is -1.64. The summed E-state index contributed by atoms with van der Waals surface area (Å²) in [5.41, 5.74) is -3.56. The molecule has 4 rings (SSSR count). The van der Waals surface area contributed by atoms with Gasteiger partial charge in [0.1, 0.15) is 18.0 Å². The third-order valence-electron chi connectivity index (χ3n) is 9.42. The summed E-state index contributed by atoms with van der Waals surface area (Å²) in [5.74, 6) is 0.596. The van der Waals surface area contributed by atoms with E-state index in [0.29, 0.717) is 43.3 Å². The van der Waals surface area contributed by atoms with Gasteiger partial charge in [0.25, 0.3) is 0 Å². The van der Waals surface area contributed by atoms with Crippen LogP contribution in [0.3, 0.4) is 0 Å². The number of Topliss-reactive ketones (excluding diaryl/α,β-unsaturated/α-hetero) is 2.